The number of nitrogens with two attached hydrogens (primary N) is 1. The summed E-state index contributed by atoms with van der Waals surface area (Å²) in [7, 11) is 2.06. The standard InChI is InChI=1S/C12H23N3/c1-10(2)6-7-15(3)9-12(14,8-13)11-4-5-11/h10-11H,4-7,9,14H2,1-3H3. The van der Waals surface area contributed by atoms with E-state index in [9.17, 15) is 0 Å². The molecule has 1 aliphatic rings. The first-order chi connectivity index (χ1) is 6.98. The molecule has 0 spiro atoms. The number of hydrogen-bond acceptors (Lipinski definition) is 3. The average Bonchev–Trinajstić information content (AvgIpc) is 2.97. The Balaban J connectivity index is 2.35. The van der Waals surface area contributed by atoms with E-state index >= 15 is 0 Å². The zero-order chi connectivity index (χ0) is 11.5. The second kappa shape index (κ2) is 4.96. The zero-order valence-corrected chi connectivity index (χ0v) is 10.2. The third kappa shape index (κ3) is 3.81. The molecule has 0 heterocycles. The molecule has 86 valence electrons. The lowest BCUT2D eigenvalue weighted by atomic mass is 9.95. The smallest absolute Gasteiger partial charge is 0.119 e. The van der Waals surface area contributed by atoms with Gasteiger partial charge in [0.15, 0.2) is 0 Å². The molecule has 0 aromatic carbocycles. The van der Waals surface area contributed by atoms with Gasteiger partial charge in [0.25, 0.3) is 0 Å². The molecular formula is C12H23N3. The maximum absolute atomic E-state index is 9.12. The van der Waals surface area contributed by atoms with Crippen LogP contribution in [0.1, 0.15) is 33.1 Å². The molecule has 3 heteroatoms. The van der Waals surface area contributed by atoms with Crippen LogP contribution in [0.15, 0.2) is 0 Å². The predicted octanol–water partition coefficient (Wildman–Crippen LogP) is 1.60. The van der Waals surface area contributed by atoms with E-state index in [0.29, 0.717) is 18.4 Å². The Bertz CT molecular complexity index is 240. The monoisotopic (exact) mass is 209 g/mol. The van der Waals surface area contributed by atoms with Gasteiger partial charge in [-0.15, -0.1) is 0 Å². The highest BCUT2D eigenvalue weighted by atomic mass is 15.1. The van der Waals surface area contributed by atoms with Crippen molar-refractivity contribution in [1.29, 1.82) is 5.26 Å². The molecule has 1 rings (SSSR count). The molecule has 0 radical (unpaired) electrons. The van der Waals surface area contributed by atoms with Crippen molar-refractivity contribution in [2.45, 2.75) is 38.6 Å². The summed E-state index contributed by atoms with van der Waals surface area (Å²) in [5.41, 5.74) is 5.50. The van der Waals surface area contributed by atoms with E-state index in [1.54, 1.807) is 0 Å². The molecule has 1 saturated carbocycles. The van der Waals surface area contributed by atoms with Crippen molar-refractivity contribution < 1.29 is 0 Å². The average molecular weight is 209 g/mol. The molecule has 0 saturated heterocycles. The van der Waals surface area contributed by atoms with Crippen LogP contribution in [0, 0.1) is 23.2 Å². The van der Waals surface area contributed by atoms with Crippen molar-refractivity contribution >= 4 is 0 Å². The van der Waals surface area contributed by atoms with Crippen LogP contribution in [0.5, 0.6) is 0 Å². The Morgan fingerprint density at radius 3 is 2.53 bits per heavy atom. The van der Waals surface area contributed by atoms with E-state index in [1.807, 2.05) is 0 Å². The molecule has 0 aromatic heterocycles. The Hall–Kier alpha value is -0.590. The number of hydrogen-bond donors (Lipinski definition) is 1. The second-order valence-corrected chi connectivity index (χ2v) is 5.35. The maximum Gasteiger partial charge on any atom is 0.119 e. The van der Waals surface area contributed by atoms with E-state index in [2.05, 4.69) is 31.9 Å². The van der Waals surface area contributed by atoms with E-state index in [-0.39, 0.29) is 0 Å². The molecule has 0 amide bonds. The zero-order valence-electron chi connectivity index (χ0n) is 10.2. The first-order valence-corrected chi connectivity index (χ1v) is 5.86. The number of rotatable bonds is 6. The minimum absolute atomic E-state index is 0.434. The molecule has 15 heavy (non-hydrogen) atoms. The van der Waals surface area contributed by atoms with Gasteiger partial charge in [-0.3, -0.25) is 0 Å². The van der Waals surface area contributed by atoms with E-state index in [4.69, 9.17) is 11.0 Å². The summed E-state index contributed by atoms with van der Waals surface area (Å²) in [6, 6.07) is 2.30. The van der Waals surface area contributed by atoms with Crippen molar-refractivity contribution in [3.63, 3.8) is 0 Å². The summed E-state index contributed by atoms with van der Waals surface area (Å²) < 4.78 is 0. The highest BCUT2D eigenvalue weighted by Crippen LogP contribution is 2.38. The third-order valence-corrected chi connectivity index (χ3v) is 3.13. The van der Waals surface area contributed by atoms with Crippen molar-refractivity contribution in [2.24, 2.45) is 17.6 Å². The van der Waals surface area contributed by atoms with Gasteiger partial charge in [-0.25, -0.2) is 0 Å². The highest BCUT2D eigenvalue weighted by Gasteiger charge is 2.43. The predicted molar refractivity (Wildman–Crippen MR) is 62.2 cm³/mol. The van der Waals surface area contributed by atoms with Crippen LogP contribution in [-0.2, 0) is 0 Å². The lowest BCUT2D eigenvalue weighted by Gasteiger charge is -2.28. The maximum atomic E-state index is 9.12. The van der Waals surface area contributed by atoms with Crippen molar-refractivity contribution in [2.75, 3.05) is 20.1 Å². The van der Waals surface area contributed by atoms with Gasteiger partial charge in [-0.2, -0.15) is 5.26 Å². The van der Waals surface area contributed by atoms with Crippen molar-refractivity contribution in [3.8, 4) is 6.07 Å². The first kappa shape index (κ1) is 12.5. The minimum atomic E-state index is -0.605. The van der Waals surface area contributed by atoms with Crippen LogP contribution >= 0.6 is 0 Å². The fraction of sp³-hybridized carbons (Fsp3) is 0.917. The molecule has 1 unspecified atom stereocenters. The number of likely N-dealkylation sites (N-methyl/N-ethyl adjacent to an activating group) is 1. The van der Waals surface area contributed by atoms with Gasteiger partial charge in [0, 0.05) is 6.54 Å². The largest absolute Gasteiger partial charge is 0.312 e. The summed E-state index contributed by atoms with van der Waals surface area (Å²) in [6.45, 7) is 6.18. The van der Waals surface area contributed by atoms with Crippen LogP contribution in [0.4, 0.5) is 0 Å². The fourth-order valence-electron chi connectivity index (χ4n) is 1.86. The molecular weight excluding hydrogens is 186 g/mol. The third-order valence-electron chi connectivity index (χ3n) is 3.13. The summed E-state index contributed by atoms with van der Waals surface area (Å²) in [4.78, 5) is 2.20. The Morgan fingerprint density at radius 1 is 1.53 bits per heavy atom. The van der Waals surface area contributed by atoms with Crippen LogP contribution in [0.3, 0.4) is 0 Å². The van der Waals surface area contributed by atoms with Crippen LogP contribution < -0.4 is 5.73 Å². The first-order valence-electron chi connectivity index (χ1n) is 5.86. The van der Waals surface area contributed by atoms with Crippen LogP contribution in [0.2, 0.25) is 0 Å². The molecule has 1 atom stereocenters. The second-order valence-electron chi connectivity index (χ2n) is 5.35. The van der Waals surface area contributed by atoms with Gasteiger partial charge >= 0.3 is 0 Å². The van der Waals surface area contributed by atoms with Gasteiger partial charge in [0.2, 0.25) is 0 Å². The highest BCUT2D eigenvalue weighted by molar-refractivity contribution is 5.14. The van der Waals surface area contributed by atoms with Gasteiger partial charge in [-0.1, -0.05) is 13.8 Å². The molecule has 0 aliphatic heterocycles. The molecule has 1 fully saturated rings. The van der Waals surface area contributed by atoms with E-state index in [1.165, 1.54) is 6.42 Å². The van der Waals surface area contributed by atoms with Gasteiger partial charge in [0.1, 0.15) is 5.54 Å². The van der Waals surface area contributed by atoms with Crippen molar-refractivity contribution in [3.05, 3.63) is 0 Å². The minimum Gasteiger partial charge on any atom is -0.312 e. The summed E-state index contributed by atoms with van der Waals surface area (Å²) in [5.74, 6) is 1.15. The lowest BCUT2D eigenvalue weighted by molar-refractivity contribution is 0.251. The van der Waals surface area contributed by atoms with E-state index < -0.39 is 5.54 Å². The summed E-state index contributed by atoms with van der Waals surface area (Å²) in [6.07, 6.45) is 3.42. The topological polar surface area (TPSA) is 53.0 Å². The van der Waals surface area contributed by atoms with Crippen LogP contribution in [0.25, 0.3) is 0 Å². The van der Waals surface area contributed by atoms with Gasteiger partial charge in [-0.05, 0) is 44.7 Å². The van der Waals surface area contributed by atoms with Gasteiger partial charge in [0.05, 0.1) is 6.07 Å². The van der Waals surface area contributed by atoms with Crippen LogP contribution in [-0.4, -0.2) is 30.6 Å². The van der Waals surface area contributed by atoms with E-state index in [0.717, 1.165) is 19.4 Å². The number of nitriles is 1. The van der Waals surface area contributed by atoms with Crippen molar-refractivity contribution in [1.82, 2.24) is 4.90 Å². The molecule has 0 aromatic rings. The molecule has 2 N–H and O–H groups in total. The molecule has 1 aliphatic carbocycles. The molecule has 3 nitrogen and oxygen atoms in total. The quantitative estimate of drug-likeness (QED) is 0.723. The Labute approximate surface area is 93.2 Å². The SMILES string of the molecule is CC(C)CCN(C)CC(N)(C#N)C1CC1. The fourth-order valence-corrected chi connectivity index (χ4v) is 1.86. The Kier molecular flexibility index (Phi) is 4.12. The molecule has 0 bridgehead atoms. The summed E-state index contributed by atoms with van der Waals surface area (Å²) >= 11 is 0. The number of nitrogens with zero attached hydrogens (tertiary/aromatic N) is 2. The normalized spacial score (nSPS) is 20.3. The lowest BCUT2D eigenvalue weighted by Crippen LogP contribution is -2.50. The summed E-state index contributed by atoms with van der Waals surface area (Å²) in [5, 5.41) is 9.12. The Morgan fingerprint density at radius 2 is 2.13 bits per heavy atom. The van der Waals surface area contributed by atoms with Gasteiger partial charge < -0.3 is 10.6 Å².